The summed E-state index contributed by atoms with van der Waals surface area (Å²) in [7, 11) is 0. The Hall–Kier alpha value is -1.64. The summed E-state index contributed by atoms with van der Waals surface area (Å²) in [5.74, 6) is 0.161. The Morgan fingerprint density at radius 3 is 2.53 bits per heavy atom. The summed E-state index contributed by atoms with van der Waals surface area (Å²) in [6, 6.07) is 9.47. The lowest BCUT2D eigenvalue weighted by atomic mass is 10.3. The highest BCUT2D eigenvalue weighted by Gasteiger charge is 2.02. The van der Waals surface area contributed by atoms with E-state index in [1.54, 1.807) is 0 Å². The van der Waals surface area contributed by atoms with Crippen LogP contribution in [0.1, 0.15) is 26.7 Å². The van der Waals surface area contributed by atoms with Gasteiger partial charge in [0.1, 0.15) is 0 Å². The minimum Gasteiger partial charge on any atom is -0.412 e. The molecule has 80 valence electrons. The molecule has 0 N–H and O–H groups in total. The van der Waals surface area contributed by atoms with Gasteiger partial charge in [0, 0.05) is 13.3 Å². The maximum Gasteiger partial charge on any atom is 0.309 e. The smallest absolute Gasteiger partial charge is 0.309 e. The molecule has 3 heteroatoms. The number of para-hydroxylation sites is 1. The number of aliphatic imine (C=N–C) groups is 1. The van der Waals surface area contributed by atoms with E-state index in [1.807, 2.05) is 37.3 Å². The Morgan fingerprint density at radius 1 is 1.33 bits per heavy atom. The first-order valence-corrected chi connectivity index (χ1v) is 5.03. The van der Waals surface area contributed by atoms with Crippen LogP contribution in [0, 0.1) is 0 Å². The average molecular weight is 205 g/mol. The molecule has 0 aliphatic rings. The van der Waals surface area contributed by atoms with E-state index in [9.17, 15) is 4.79 Å². The first-order valence-electron chi connectivity index (χ1n) is 5.03. The van der Waals surface area contributed by atoms with Crippen molar-refractivity contribution in [3.05, 3.63) is 30.3 Å². The molecule has 15 heavy (non-hydrogen) atoms. The zero-order chi connectivity index (χ0) is 11.1. The molecule has 0 bridgehead atoms. The van der Waals surface area contributed by atoms with E-state index >= 15 is 0 Å². The summed E-state index contributed by atoms with van der Waals surface area (Å²) >= 11 is 0. The molecule has 0 aromatic heterocycles. The topological polar surface area (TPSA) is 38.7 Å². The van der Waals surface area contributed by atoms with Crippen molar-refractivity contribution in [1.29, 1.82) is 0 Å². The number of hydrogen-bond donors (Lipinski definition) is 0. The molecule has 1 rings (SSSR count). The highest BCUT2D eigenvalue weighted by molar-refractivity contribution is 5.89. The molecule has 0 atom stereocenters. The van der Waals surface area contributed by atoms with Gasteiger partial charge in [-0.25, -0.2) is 4.99 Å². The first kappa shape index (κ1) is 11.4. The summed E-state index contributed by atoms with van der Waals surface area (Å²) in [5, 5.41) is 0. The average Bonchev–Trinajstić information content (AvgIpc) is 2.18. The van der Waals surface area contributed by atoms with Crippen molar-refractivity contribution in [2.45, 2.75) is 26.7 Å². The van der Waals surface area contributed by atoms with Gasteiger partial charge in [-0.2, -0.15) is 0 Å². The van der Waals surface area contributed by atoms with Crippen LogP contribution in [-0.2, 0) is 9.53 Å². The van der Waals surface area contributed by atoms with E-state index in [0.29, 0.717) is 12.3 Å². The molecule has 0 aliphatic carbocycles. The fourth-order valence-electron chi connectivity index (χ4n) is 1.16. The number of nitrogens with zero attached hydrogens (tertiary/aromatic N) is 1. The van der Waals surface area contributed by atoms with Crippen molar-refractivity contribution in [3.63, 3.8) is 0 Å². The summed E-state index contributed by atoms with van der Waals surface area (Å²) in [6.07, 6.45) is 1.58. The quantitative estimate of drug-likeness (QED) is 0.432. The van der Waals surface area contributed by atoms with Crippen molar-refractivity contribution < 1.29 is 9.53 Å². The molecule has 0 heterocycles. The SMILES string of the molecule is CCCC(=Nc1ccccc1)OC(C)=O. The predicted octanol–water partition coefficient (Wildman–Crippen LogP) is 3.08. The number of rotatable bonds is 3. The second kappa shape index (κ2) is 5.96. The van der Waals surface area contributed by atoms with Crippen LogP contribution in [0.25, 0.3) is 0 Å². The van der Waals surface area contributed by atoms with E-state index in [-0.39, 0.29) is 5.97 Å². The van der Waals surface area contributed by atoms with E-state index < -0.39 is 0 Å². The Morgan fingerprint density at radius 2 is 2.00 bits per heavy atom. The third-order valence-electron chi connectivity index (χ3n) is 1.74. The Kier molecular flexibility index (Phi) is 4.54. The van der Waals surface area contributed by atoms with Gasteiger partial charge in [0.25, 0.3) is 0 Å². The van der Waals surface area contributed by atoms with Gasteiger partial charge in [-0.3, -0.25) is 4.79 Å². The third kappa shape index (κ3) is 4.40. The Bertz CT molecular complexity index is 344. The summed E-state index contributed by atoms with van der Waals surface area (Å²) in [5.41, 5.74) is 0.808. The van der Waals surface area contributed by atoms with Crippen LogP contribution in [0.15, 0.2) is 35.3 Å². The highest BCUT2D eigenvalue weighted by Crippen LogP contribution is 2.12. The Balaban J connectivity index is 2.78. The van der Waals surface area contributed by atoms with Crippen LogP contribution < -0.4 is 0 Å². The van der Waals surface area contributed by atoms with Crippen LogP contribution >= 0.6 is 0 Å². The van der Waals surface area contributed by atoms with Gasteiger partial charge in [0.05, 0.1) is 5.69 Å². The lowest BCUT2D eigenvalue weighted by molar-refractivity contribution is -0.133. The molecule has 0 spiro atoms. The van der Waals surface area contributed by atoms with Gasteiger partial charge in [-0.15, -0.1) is 0 Å². The third-order valence-corrected chi connectivity index (χ3v) is 1.74. The van der Waals surface area contributed by atoms with Crippen molar-refractivity contribution in [3.8, 4) is 0 Å². The molecular weight excluding hydrogens is 190 g/mol. The predicted molar refractivity (Wildman–Crippen MR) is 60.2 cm³/mol. The molecule has 0 saturated heterocycles. The molecule has 0 aliphatic heterocycles. The maximum absolute atomic E-state index is 10.8. The van der Waals surface area contributed by atoms with E-state index in [4.69, 9.17) is 4.74 Å². The highest BCUT2D eigenvalue weighted by atomic mass is 16.5. The second-order valence-corrected chi connectivity index (χ2v) is 3.18. The first-order chi connectivity index (χ1) is 7.22. The molecule has 0 fully saturated rings. The van der Waals surface area contributed by atoms with E-state index in [2.05, 4.69) is 4.99 Å². The number of benzene rings is 1. The van der Waals surface area contributed by atoms with Crippen LogP contribution in [0.5, 0.6) is 0 Å². The van der Waals surface area contributed by atoms with Crippen LogP contribution in [0.4, 0.5) is 5.69 Å². The second-order valence-electron chi connectivity index (χ2n) is 3.18. The summed E-state index contributed by atoms with van der Waals surface area (Å²) in [4.78, 5) is 15.1. The number of carbonyl (C=O) groups is 1. The minimum absolute atomic E-state index is 0.321. The summed E-state index contributed by atoms with van der Waals surface area (Å²) in [6.45, 7) is 3.40. The minimum atomic E-state index is -0.321. The monoisotopic (exact) mass is 205 g/mol. The van der Waals surface area contributed by atoms with Gasteiger partial charge in [0.2, 0.25) is 0 Å². The van der Waals surface area contributed by atoms with Crippen molar-refractivity contribution in [2.75, 3.05) is 0 Å². The van der Waals surface area contributed by atoms with Gasteiger partial charge >= 0.3 is 5.97 Å². The van der Waals surface area contributed by atoms with E-state index in [0.717, 1.165) is 12.1 Å². The molecule has 1 aromatic carbocycles. The lowest BCUT2D eigenvalue weighted by Gasteiger charge is -2.03. The zero-order valence-electron chi connectivity index (χ0n) is 9.06. The number of hydrogen-bond acceptors (Lipinski definition) is 3. The maximum atomic E-state index is 10.8. The standard InChI is InChI=1S/C12H15NO2/c1-3-7-12(15-10(2)14)13-11-8-5-4-6-9-11/h4-6,8-9H,3,7H2,1-2H3. The molecule has 0 unspecified atom stereocenters. The zero-order valence-corrected chi connectivity index (χ0v) is 9.06. The van der Waals surface area contributed by atoms with Crippen LogP contribution in [-0.4, -0.2) is 11.9 Å². The number of carbonyl (C=O) groups excluding carboxylic acids is 1. The fraction of sp³-hybridized carbons (Fsp3) is 0.333. The van der Waals surface area contributed by atoms with Gasteiger partial charge < -0.3 is 4.74 Å². The molecular formula is C12H15NO2. The summed E-state index contributed by atoms with van der Waals surface area (Å²) < 4.78 is 5.01. The fourth-order valence-corrected chi connectivity index (χ4v) is 1.16. The van der Waals surface area contributed by atoms with Gasteiger partial charge in [-0.05, 0) is 18.6 Å². The number of esters is 1. The largest absolute Gasteiger partial charge is 0.412 e. The lowest BCUT2D eigenvalue weighted by Crippen LogP contribution is -2.08. The molecule has 1 aromatic rings. The van der Waals surface area contributed by atoms with Crippen molar-refractivity contribution in [2.24, 2.45) is 4.99 Å². The van der Waals surface area contributed by atoms with Crippen LogP contribution in [0.2, 0.25) is 0 Å². The Labute approximate surface area is 89.8 Å². The van der Waals surface area contributed by atoms with Crippen LogP contribution in [0.3, 0.4) is 0 Å². The van der Waals surface area contributed by atoms with Crippen molar-refractivity contribution in [1.82, 2.24) is 0 Å². The van der Waals surface area contributed by atoms with Gasteiger partial charge in [-0.1, -0.05) is 25.1 Å². The molecule has 0 saturated carbocycles. The normalized spacial score (nSPS) is 11.2. The van der Waals surface area contributed by atoms with Gasteiger partial charge in [0.15, 0.2) is 5.90 Å². The molecule has 0 radical (unpaired) electrons. The number of ether oxygens (including phenoxy) is 1. The van der Waals surface area contributed by atoms with Crippen molar-refractivity contribution >= 4 is 17.6 Å². The van der Waals surface area contributed by atoms with E-state index in [1.165, 1.54) is 6.92 Å². The molecule has 0 amide bonds. The molecule has 3 nitrogen and oxygen atoms in total.